The second kappa shape index (κ2) is 8.06. The Hall–Kier alpha value is -1.11. The number of nitrogens with zero attached hydrogens (tertiary/aromatic N) is 1. The van der Waals surface area contributed by atoms with Crippen LogP contribution in [0.3, 0.4) is 0 Å². The van der Waals surface area contributed by atoms with E-state index in [4.69, 9.17) is 16.3 Å². The lowest BCUT2D eigenvalue weighted by atomic mass is 10.00. The fraction of sp³-hybridized carbons (Fsp3) is 0.611. The van der Waals surface area contributed by atoms with E-state index >= 15 is 0 Å². The maximum atomic E-state index is 12.7. The molecule has 0 bridgehead atoms. The SMILES string of the molecule is CCC(C(C)S(=O)(=O)C(C)C)N1C(=O)COCC1c1ccc(Cl)cc1. The summed E-state index contributed by atoms with van der Waals surface area (Å²) in [5, 5.41) is -0.517. The van der Waals surface area contributed by atoms with Gasteiger partial charge in [-0.3, -0.25) is 4.79 Å². The predicted molar refractivity (Wildman–Crippen MR) is 99.5 cm³/mol. The molecule has 1 saturated heterocycles. The Labute approximate surface area is 155 Å². The number of rotatable bonds is 6. The van der Waals surface area contributed by atoms with Crippen molar-refractivity contribution in [3.63, 3.8) is 0 Å². The third-order valence-corrected chi connectivity index (χ3v) is 7.79. The highest BCUT2D eigenvalue weighted by atomic mass is 35.5. The van der Waals surface area contributed by atoms with Crippen molar-refractivity contribution in [3.8, 4) is 0 Å². The zero-order chi connectivity index (χ0) is 18.8. The zero-order valence-electron chi connectivity index (χ0n) is 15.1. The maximum Gasteiger partial charge on any atom is 0.249 e. The Balaban J connectivity index is 2.41. The third kappa shape index (κ3) is 4.18. The highest BCUT2D eigenvalue weighted by Crippen LogP contribution is 2.32. The average molecular weight is 388 g/mol. The van der Waals surface area contributed by atoms with Gasteiger partial charge in [0.2, 0.25) is 5.91 Å². The quantitative estimate of drug-likeness (QED) is 0.751. The molecular weight excluding hydrogens is 362 g/mol. The number of amides is 1. The molecule has 1 amide bonds. The number of ether oxygens (including phenoxy) is 1. The molecule has 3 atom stereocenters. The van der Waals surface area contributed by atoms with E-state index in [2.05, 4.69) is 0 Å². The number of sulfone groups is 1. The third-order valence-electron chi connectivity index (χ3n) is 4.87. The minimum absolute atomic E-state index is 0.0188. The van der Waals surface area contributed by atoms with Gasteiger partial charge in [0.1, 0.15) is 6.61 Å². The van der Waals surface area contributed by atoms with E-state index in [1.807, 2.05) is 19.1 Å². The molecule has 0 N–H and O–H groups in total. The fourth-order valence-corrected chi connectivity index (χ4v) is 5.09. The first-order valence-electron chi connectivity index (χ1n) is 8.57. The van der Waals surface area contributed by atoms with E-state index in [-0.39, 0.29) is 18.6 Å². The van der Waals surface area contributed by atoms with Crippen LogP contribution in [-0.2, 0) is 19.4 Å². The minimum atomic E-state index is -3.33. The molecule has 1 aliphatic heterocycles. The number of hydrogen-bond acceptors (Lipinski definition) is 4. The molecule has 1 heterocycles. The molecule has 1 aromatic rings. The normalized spacial score (nSPS) is 21.4. The maximum absolute atomic E-state index is 12.7. The van der Waals surface area contributed by atoms with Crippen molar-refractivity contribution < 1.29 is 17.9 Å². The first-order valence-corrected chi connectivity index (χ1v) is 10.6. The largest absolute Gasteiger partial charge is 0.369 e. The van der Waals surface area contributed by atoms with Gasteiger partial charge in [-0.1, -0.05) is 30.7 Å². The molecule has 25 heavy (non-hydrogen) atoms. The molecule has 3 unspecified atom stereocenters. The molecular formula is C18H26ClNO4S. The summed E-state index contributed by atoms with van der Waals surface area (Å²) < 4.78 is 30.8. The minimum Gasteiger partial charge on any atom is -0.369 e. The number of carbonyl (C=O) groups excluding carboxylic acids is 1. The van der Waals surface area contributed by atoms with Gasteiger partial charge in [-0.15, -0.1) is 0 Å². The fourth-order valence-electron chi connectivity index (χ4n) is 3.35. The topological polar surface area (TPSA) is 63.7 Å². The molecule has 5 nitrogen and oxygen atoms in total. The number of hydrogen-bond donors (Lipinski definition) is 0. The van der Waals surface area contributed by atoms with Gasteiger partial charge >= 0.3 is 0 Å². The summed E-state index contributed by atoms with van der Waals surface area (Å²) in [5.41, 5.74) is 0.894. The standard InChI is InChI=1S/C18H26ClNO4S/c1-5-16(13(4)25(22,23)12(2)3)20-17(10-24-11-18(20)21)14-6-8-15(19)9-7-14/h6-9,12-13,16-17H,5,10-11H2,1-4H3. The highest BCUT2D eigenvalue weighted by molar-refractivity contribution is 7.92. The van der Waals surface area contributed by atoms with Crippen molar-refractivity contribution in [2.75, 3.05) is 13.2 Å². The molecule has 7 heteroatoms. The van der Waals surface area contributed by atoms with Crippen LogP contribution in [0.4, 0.5) is 0 Å². The van der Waals surface area contributed by atoms with Gasteiger partial charge in [-0.2, -0.15) is 0 Å². The summed E-state index contributed by atoms with van der Waals surface area (Å²) in [5.74, 6) is -0.177. The number of halogens is 1. The van der Waals surface area contributed by atoms with E-state index in [1.165, 1.54) is 0 Å². The second-order valence-corrected chi connectivity index (χ2v) is 10.0. The smallest absolute Gasteiger partial charge is 0.249 e. The van der Waals surface area contributed by atoms with Gasteiger partial charge in [-0.25, -0.2) is 8.42 Å². The molecule has 1 aromatic carbocycles. The van der Waals surface area contributed by atoms with E-state index in [0.29, 0.717) is 18.1 Å². The van der Waals surface area contributed by atoms with Crippen LogP contribution >= 0.6 is 11.6 Å². The van der Waals surface area contributed by atoms with Crippen molar-refractivity contribution in [2.24, 2.45) is 0 Å². The molecule has 0 spiro atoms. The van der Waals surface area contributed by atoms with Gasteiger partial charge < -0.3 is 9.64 Å². The van der Waals surface area contributed by atoms with Gasteiger partial charge in [0.25, 0.3) is 0 Å². The van der Waals surface area contributed by atoms with E-state index < -0.39 is 26.4 Å². The average Bonchev–Trinajstić information content (AvgIpc) is 2.57. The highest BCUT2D eigenvalue weighted by Gasteiger charge is 2.41. The molecule has 0 aliphatic carbocycles. The zero-order valence-corrected chi connectivity index (χ0v) is 16.7. The monoisotopic (exact) mass is 387 g/mol. The van der Waals surface area contributed by atoms with Gasteiger partial charge in [0.05, 0.1) is 23.1 Å². The summed E-state index contributed by atoms with van der Waals surface area (Å²) in [7, 11) is -3.33. The molecule has 0 radical (unpaired) electrons. The molecule has 140 valence electrons. The molecule has 2 rings (SSSR count). The molecule has 0 saturated carbocycles. The Morgan fingerprint density at radius 2 is 1.84 bits per heavy atom. The summed E-state index contributed by atoms with van der Waals surface area (Å²) >= 11 is 5.96. The summed E-state index contributed by atoms with van der Waals surface area (Å²) in [6.45, 7) is 7.30. The van der Waals surface area contributed by atoms with E-state index in [1.54, 1.807) is 37.8 Å². The number of carbonyl (C=O) groups is 1. The van der Waals surface area contributed by atoms with Crippen LogP contribution in [0.5, 0.6) is 0 Å². The Morgan fingerprint density at radius 1 is 1.24 bits per heavy atom. The Kier molecular flexibility index (Phi) is 6.51. The van der Waals surface area contributed by atoms with Gasteiger partial charge in [0.15, 0.2) is 9.84 Å². The van der Waals surface area contributed by atoms with Crippen LogP contribution in [0.15, 0.2) is 24.3 Å². The van der Waals surface area contributed by atoms with Gasteiger partial charge in [0, 0.05) is 11.1 Å². The Morgan fingerprint density at radius 3 is 2.36 bits per heavy atom. The van der Waals surface area contributed by atoms with Crippen LogP contribution in [0, 0.1) is 0 Å². The molecule has 0 aromatic heterocycles. The van der Waals surface area contributed by atoms with Crippen molar-refractivity contribution >= 4 is 27.3 Å². The lowest BCUT2D eigenvalue weighted by Gasteiger charge is -2.43. The lowest BCUT2D eigenvalue weighted by Crippen LogP contribution is -2.55. The molecule has 1 fully saturated rings. The lowest BCUT2D eigenvalue weighted by molar-refractivity contribution is -0.152. The Bertz CT molecular complexity index is 702. The van der Waals surface area contributed by atoms with E-state index in [9.17, 15) is 13.2 Å². The van der Waals surface area contributed by atoms with Gasteiger partial charge in [-0.05, 0) is 44.9 Å². The number of morpholine rings is 1. The first-order chi connectivity index (χ1) is 11.7. The van der Waals surface area contributed by atoms with Crippen LogP contribution in [0.2, 0.25) is 5.02 Å². The van der Waals surface area contributed by atoms with Crippen molar-refractivity contribution in [3.05, 3.63) is 34.9 Å². The van der Waals surface area contributed by atoms with Crippen LogP contribution in [-0.4, -0.2) is 49.0 Å². The van der Waals surface area contributed by atoms with Crippen LogP contribution < -0.4 is 0 Å². The second-order valence-electron chi connectivity index (χ2n) is 6.70. The van der Waals surface area contributed by atoms with Crippen LogP contribution in [0.25, 0.3) is 0 Å². The van der Waals surface area contributed by atoms with Crippen LogP contribution in [0.1, 0.15) is 45.7 Å². The van der Waals surface area contributed by atoms with Crippen molar-refractivity contribution in [1.82, 2.24) is 4.90 Å². The summed E-state index contributed by atoms with van der Waals surface area (Å²) in [4.78, 5) is 14.3. The van der Waals surface area contributed by atoms with E-state index in [0.717, 1.165) is 5.56 Å². The summed E-state index contributed by atoms with van der Waals surface area (Å²) in [6.07, 6.45) is 0.558. The molecule has 1 aliphatic rings. The van der Waals surface area contributed by atoms with Crippen molar-refractivity contribution in [2.45, 2.75) is 56.7 Å². The predicted octanol–water partition coefficient (Wildman–Crippen LogP) is 3.23. The first kappa shape index (κ1) is 20.2. The summed E-state index contributed by atoms with van der Waals surface area (Å²) in [6, 6.07) is 6.54. The number of benzene rings is 1. The van der Waals surface area contributed by atoms with Crippen molar-refractivity contribution in [1.29, 1.82) is 0 Å².